The fraction of sp³-hybridized carbons (Fsp3) is 0.538. The average molecular weight is 340 g/mol. The maximum atomic E-state index is 12.6. The van der Waals surface area contributed by atoms with E-state index >= 15 is 0 Å². The molecule has 6 heteroatoms. The molecule has 0 aliphatic heterocycles. The molecule has 0 amide bonds. The summed E-state index contributed by atoms with van der Waals surface area (Å²) in [4.78, 5) is 0. The summed E-state index contributed by atoms with van der Waals surface area (Å²) in [6.45, 7) is 2.46. The van der Waals surface area contributed by atoms with Crippen LogP contribution < -0.4 is 10.1 Å². The van der Waals surface area contributed by atoms with E-state index in [9.17, 15) is 13.2 Å². The highest BCUT2D eigenvalue weighted by Gasteiger charge is 2.32. The van der Waals surface area contributed by atoms with Gasteiger partial charge in [-0.2, -0.15) is 13.2 Å². The Morgan fingerprint density at radius 2 is 2.05 bits per heavy atom. The number of benzene rings is 1. The quantitative estimate of drug-likeness (QED) is 0.826. The van der Waals surface area contributed by atoms with Gasteiger partial charge in [-0.1, -0.05) is 13.0 Å². The van der Waals surface area contributed by atoms with Crippen LogP contribution in [-0.2, 0) is 0 Å². The van der Waals surface area contributed by atoms with E-state index in [1.807, 2.05) is 6.92 Å². The van der Waals surface area contributed by atoms with E-state index in [1.54, 1.807) is 18.2 Å². The molecule has 1 atom stereocenters. The molecule has 19 heavy (non-hydrogen) atoms. The highest BCUT2D eigenvalue weighted by molar-refractivity contribution is 9.10. The van der Waals surface area contributed by atoms with E-state index in [0.717, 1.165) is 6.42 Å². The van der Waals surface area contributed by atoms with Crippen LogP contribution >= 0.6 is 15.9 Å². The van der Waals surface area contributed by atoms with Crippen molar-refractivity contribution in [3.63, 3.8) is 0 Å². The minimum absolute atomic E-state index is 0.546. The highest BCUT2D eigenvalue weighted by Crippen LogP contribution is 2.33. The van der Waals surface area contributed by atoms with E-state index in [1.165, 1.54) is 7.11 Å². The Bertz CT molecular complexity index is 409. The second kappa shape index (κ2) is 7.14. The van der Waals surface area contributed by atoms with Gasteiger partial charge in [0, 0.05) is 6.04 Å². The Balaban J connectivity index is 2.93. The zero-order valence-electron chi connectivity index (χ0n) is 10.9. The van der Waals surface area contributed by atoms with E-state index in [2.05, 4.69) is 21.2 Å². The molecule has 0 bridgehead atoms. The van der Waals surface area contributed by atoms with Gasteiger partial charge in [-0.25, -0.2) is 0 Å². The minimum atomic E-state index is -4.20. The summed E-state index contributed by atoms with van der Waals surface area (Å²) in [6.07, 6.45) is -4.30. The fourth-order valence-corrected chi connectivity index (χ4v) is 2.32. The van der Waals surface area contributed by atoms with Crippen LogP contribution in [0, 0.1) is 0 Å². The Morgan fingerprint density at radius 3 is 2.53 bits per heavy atom. The number of nitrogens with one attached hydrogen (secondary N) is 1. The van der Waals surface area contributed by atoms with Crippen molar-refractivity contribution in [3.8, 4) is 5.75 Å². The van der Waals surface area contributed by atoms with E-state index in [4.69, 9.17) is 4.74 Å². The molecule has 0 saturated carbocycles. The third-order valence-corrected chi connectivity index (χ3v) is 3.27. The minimum Gasteiger partial charge on any atom is -0.496 e. The number of rotatable bonds is 6. The van der Waals surface area contributed by atoms with Gasteiger partial charge >= 0.3 is 6.18 Å². The number of ether oxygens (including phenoxy) is 1. The van der Waals surface area contributed by atoms with Crippen LogP contribution in [0.2, 0.25) is 0 Å². The van der Waals surface area contributed by atoms with Gasteiger partial charge in [0.25, 0.3) is 0 Å². The molecule has 1 rings (SSSR count). The van der Waals surface area contributed by atoms with Crippen LogP contribution in [0.5, 0.6) is 5.75 Å². The van der Waals surface area contributed by atoms with Crippen LogP contribution in [0.3, 0.4) is 0 Å². The summed E-state index contributed by atoms with van der Waals surface area (Å²) >= 11 is 3.29. The molecule has 108 valence electrons. The van der Waals surface area contributed by atoms with Crippen LogP contribution in [-0.4, -0.2) is 19.8 Å². The Morgan fingerprint density at radius 1 is 1.37 bits per heavy atom. The van der Waals surface area contributed by atoms with Crippen LogP contribution in [0.15, 0.2) is 22.7 Å². The third kappa shape index (κ3) is 5.40. The zero-order valence-corrected chi connectivity index (χ0v) is 12.4. The topological polar surface area (TPSA) is 21.3 Å². The maximum Gasteiger partial charge on any atom is 0.390 e. The van der Waals surface area contributed by atoms with E-state index in [-0.39, 0.29) is 0 Å². The van der Waals surface area contributed by atoms with Crippen LogP contribution in [0.25, 0.3) is 0 Å². The Kier molecular flexibility index (Phi) is 6.13. The molecule has 0 fully saturated rings. The SMILES string of the molecule is CCCNC(CC(F)(F)F)c1ccc(OC)c(Br)c1. The van der Waals surface area contributed by atoms with Crippen LogP contribution in [0.1, 0.15) is 31.4 Å². The molecule has 0 saturated heterocycles. The van der Waals surface area contributed by atoms with Crippen molar-refractivity contribution < 1.29 is 17.9 Å². The molecule has 0 spiro atoms. The fourth-order valence-electron chi connectivity index (χ4n) is 1.76. The lowest BCUT2D eigenvalue weighted by molar-refractivity contribution is -0.140. The molecule has 1 unspecified atom stereocenters. The first-order chi connectivity index (χ1) is 8.87. The van der Waals surface area contributed by atoms with Crippen molar-refractivity contribution in [3.05, 3.63) is 28.2 Å². The summed E-state index contributed by atoms with van der Waals surface area (Å²) < 4.78 is 43.5. The summed E-state index contributed by atoms with van der Waals surface area (Å²) in [5.74, 6) is 0.602. The molecule has 0 heterocycles. The molecule has 0 radical (unpaired) electrons. The summed E-state index contributed by atoms with van der Waals surface area (Å²) in [5.41, 5.74) is 0.596. The maximum absolute atomic E-state index is 12.6. The van der Waals surface area contributed by atoms with Crippen molar-refractivity contribution in [2.45, 2.75) is 32.0 Å². The molecule has 1 aromatic rings. The second-order valence-corrected chi connectivity index (χ2v) is 5.07. The average Bonchev–Trinajstić information content (AvgIpc) is 2.33. The van der Waals surface area contributed by atoms with Gasteiger partial charge < -0.3 is 10.1 Å². The van der Waals surface area contributed by atoms with Gasteiger partial charge in [-0.05, 0) is 46.6 Å². The first-order valence-corrected chi connectivity index (χ1v) is 6.80. The lowest BCUT2D eigenvalue weighted by Gasteiger charge is -2.21. The van der Waals surface area contributed by atoms with Gasteiger partial charge in [0.1, 0.15) is 5.75 Å². The molecular formula is C13H17BrF3NO. The normalized spacial score (nSPS) is 13.4. The van der Waals surface area contributed by atoms with Crippen molar-refractivity contribution in [2.75, 3.05) is 13.7 Å². The van der Waals surface area contributed by atoms with Gasteiger partial charge in [-0.3, -0.25) is 0 Å². The molecule has 2 nitrogen and oxygen atoms in total. The molecule has 0 aliphatic carbocycles. The second-order valence-electron chi connectivity index (χ2n) is 4.22. The summed E-state index contributed by atoms with van der Waals surface area (Å²) in [7, 11) is 1.52. The molecular weight excluding hydrogens is 323 g/mol. The molecule has 1 aromatic carbocycles. The standard InChI is InChI=1S/C13H17BrF3NO/c1-3-6-18-11(8-13(15,16)17)9-4-5-12(19-2)10(14)7-9/h4-5,7,11,18H,3,6,8H2,1-2H3. The predicted molar refractivity (Wildman–Crippen MR) is 72.4 cm³/mol. The molecule has 0 aliphatic rings. The summed E-state index contributed by atoms with van der Waals surface area (Å²) in [5, 5.41) is 2.93. The monoisotopic (exact) mass is 339 g/mol. The highest BCUT2D eigenvalue weighted by atomic mass is 79.9. The lowest BCUT2D eigenvalue weighted by atomic mass is 10.0. The molecule has 0 aromatic heterocycles. The van der Waals surface area contributed by atoms with Gasteiger partial charge in [0.05, 0.1) is 18.0 Å². The third-order valence-electron chi connectivity index (χ3n) is 2.65. The molecule has 1 N–H and O–H groups in total. The number of hydrogen-bond donors (Lipinski definition) is 1. The van der Waals surface area contributed by atoms with Gasteiger partial charge in [-0.15, -0.1) is 0 Å². The number of methoxy groups -OCH3 is 1. The van der Waals surface area contributed by atoms with Gasteiger partial charge in [0.2, 0.25) is 0 Å². The van der Waals surface area contributed by atoms with Crippen LogP contribution in [0.4, 0.5) is 13.2 Å². The van der Waals surface area contributed by atoms with E-state index < -0.39 is 18.6 Å². The first kappa shape index (κ1) is 16.3. The number of halogens is 4. The van der Waals surface area contributed by atoms with Gasteiger partial charge in [0.15, 0.2) is 0 Å². The largest absolute Gasteiger partial charge is 0.496 e. The van der Waals surface area contributed by atoms with Crippen molar-refractivity contribution >= 4 is 15.9 Å². The lowest BCUT2D eigenvalue weighted by Crippen LogP contribution is -2.27. The Hall–Kier alpha value is -0.750. The predicted octanol–water partition coefficient (Wildman–Crippen LogP) is 4.45. The van der Waals surface area contributed by atoms with E-state index in [0.29, 0.717) is 22.3 Å². The number of alkyl halides is 3. The van der Waals surface area contributed by atoms with Crippen molar-refractivity contribution in [1.29, 1.82) is 0 Å². The van der Waals surface area contributed by atoms with Crippen molar-refractivity contribution in [2.24, 2.45) is 0 Å². The number of hydrogen-bond acceptors (Lipinski definition) is 2. The zero-order chi connectivity index (χ0) is 14.5. The van der Waals surface area contributed by atoms with Crippen molar-refractivity contribution in [1.82, 2.24) is 5.32 Å². The Labute approximate surface area is 119 Å². The summed E-state index contributed by atoms with van der Waals surface area (Å²) in [6, 6.07) is 4.25. The smallest absolute Gasteiger partial charge is 0.390 e. The first-order valence-electron chi connectivity index (χ1n) is 6.01.